The molecule has 6 nitrogen and oxygen atoms in total. The zero-order chi connectivity index (χ0) is 22.5. The van der Waals surface area contributed by atoms with E-state index in [1.807, 2.05) is 0 Å². The molecule has 3 aromatic rings. The number of halogens is 2. The third-order valence-corrected chi connectivity index (χ3v) is 5.72. The number of hydrogen-bond acceptors (Lipinski definition) is 4. The van der Waals surface area contributed by atoms with Gasteiger partial charge < -0.3 is 14.6 Å². The number of likely N-dealkylation sites (tertiary alicyclic amines) is 1. The van der Waals surface area contributed by atoms with Gasteiger partial charge in [-0.05, 0) is 36.1 Å². The fourth-order valence-corrected chi connectivity index (χ4v) is 3.91. The Balaban J connectivity index is 1.35. The zero-order valence-electron chi connectivity index (χ0n) is 17.3. The van der Waals surface area contributed by atoms with Gasteiger partial charge in [-0.1, -0.05) is 42.5 Å². The maximum Gasteiger partial charge on any atom is 0.275 e. The lowest BCUT2D eigenvalue weighted by atomic mass is 10.1. The van der Waals surface area contributed by atoms with Crippen LogP contribution in [0.1, 0.15) is 40.6 Å². The van der Waals surface area contributed by atoms with Crippen LogP contribution in [0.4, 0.5) is 4.39 Å². The number of carbonyl (C=O) groups is 2. The van der Waals surface area contributed by atoms with Crippen LogP contribution < -0.4 is 5.32 Å². The minimum atomic E-state index is -1.72. The van der Waals surface area contributed by atoms with E-state index in [1.54, 1.807) is 59.5 Å². The van der Waals surface area contributed by atoms with Gasteiger partial charge in [-0.25, -0.2) is 9.37 Å². The Hall–Kier alpha value is -3.19. The first-order chi connectivity index (χ1) is 15.5. The van der Waals surface area contributed by atoms with Crippen LogP contribution in [0.3, 0.4) is 0 Å². The van der Waals surface area contributed by atoms with Crippen molar-refractivity contribution in [2.45, 2.75) is 30.9 Å². The van der Waals surface area contributed by atoms with Gasteiger partial charge >= 0.3 is 0 Å². The smallest absolute Gasteiger partial charge is 0.275 e. The van der Waals surface area contributed by atoms with E-state index in [4.69, 9.17) is 16.0 Å². The second kappa shape index (κ2) is 9.96. The number of alkyl halides is 2. The van der Waals surface area contributed by atoms with E-state index in [9.17, 15) is 14.0 Å². The molecular weight excluding hydrogens is 433 g/mol. The lowest BCUT2D eigenvalue weighted by Gasteiger charge is -2.28. The number of aromatic nitrogens is 1. The number of carbonyl (C=O) groups excluding carboxylic acids is 2. The van der Waals surface area contributed by atoms with Gasteiger partial charge in [0.2, 0.25) is 12.1 Å². The lowest BCUT2D eigenvalue weighted by molar-refractivity contribution is -0.126. The summed E-state index contributed by atoms with van der Waals surface area (Å²) in [6, 6.07) is 15.4. The fraction of sp³-hybridized carbons (Fsp3) is 0.292. The van der Waals surface area contributed by atoms with Crippen LogP contribution >= 0.6 is 11.6 Å². The number of nitrogens with zero attached hydrogens (tertiary/aromatic N) is 2. The molecular formula is C24H23ClFN3O3. The van der Waals surface area contributed by atoms with Gasteiger partial charge in [0.05, 0.1) is 5.38 Å². The standard InChI is InChI=1S/C24H23ClFN3O3/c25-19-7-4-12-29(14-19)24(31)20-15-32-23(28-20)18-10-8-16(9-11-18)13-27-22(30)21(26)17-5-2-1-3-6-17/h1-3,5-6,8-11,15,19,21H,4,7,12-14H2,(H,27,30). The van der Waals surface area contributed by atoms with Crippen molar-refractivity contribution in [3.8, 4) is 11.5 Å². The third-order valence-electron chi connectivity index (χ3n) is 5.36. The molecule has 2 aromatic carbocycles. The third kappa shape index (κ3) is 5.16. The van der Waals surface area contributed by atoms with Gasteiger partial charge in [-0.3, -0.25) is 9.59 Å². The maximum atomic E-state index is 14.3. The van der Waals surface area contributed by atoms with Crippen molar-refractivity contribution in [2.75, 3.05) is 13.1 Å². The van der Waals surface area contributed by atoms with E-state index in [1.165, 1.54) is 6.26 Å². The van der Waals surface area contributed by atoms with E-state index in [-0.39, 0.29) is 23.5 Å². The van der Waals surface area contributed by atoms with E-state index in [2.05, 4.69) is 10.3 Å². The number of hydrogen-bond donors (Lipinski definition) is 1. The molecule has 0 saturated carbocycles. The first kappa shape index (κ1) is 22.0. The van der Waals surface area contributed by atoms with E-state index in [0.717, 1.165) is 18.4 Å². The Morgan fingerprint density at radius 2 is 1.94 bits per heavy atom. The highest BCUT2D eigenvalue weighted by atomic mass is 35.5. The van der Waals surface area contributed by atoms with E-state index >= 15 is 0 Å². The van der Waals surface area contributed by atoms with Crippen molar-refractivity contribution in [3.05, 3.63) is 77.7 Å². The molecule has 2 amide bonds. The molecule has 0 aliphatic carbocycles. The lowest BCUT2D eigenvalue weighted by Crippen LogP contribution is -2.40. The second-order valence-corrected chi connectivity index (χ2v) is 8.33. The SMILES string of the molecule is O=C(NCc1ccc(-c2nc(C(=O)N3CCCC(Cl)C3)co2)cc1)C(F)c1ccccc1. The largest absolute Gasteiger partial charge is 0.444 e. The summed E-state index contributed by atoms with van der Waals surface area (Å²) in [4.78, 5) is 30.7. The first-order valence-electron chi connectivity index (χ1n) is 10.5. The van der Waals surface area contributed by atoms with Crippen molar-refractivity contribution < 1.29 is 18.4 Å². The number of piperidine rings is 1. The Morgan fingerprint density at radius 3 is 2.66 bits per heavy atom. The summed E-state index contributed by atoms with van der Waals surface area (Å²) >= 11 is 6.17. The summed E-state index contributed by atoms with van der Waals surface area (Å²) in [6.45, 7) is 1.36. The minimum absolute atomic E-state index is 0.0347. The number of amides is 2. The number of oxazole rings is 1. The number of benzene rings is 2. The van der Waals surface area contributed by atoms with Gasteiger partial charge in [-0.15, -0.1) is 11.6 Å². The molecule has 1 aliphatic heterocycles. The molecule has 1 N–H and O–H groups in total. The van der Waals surface area contributed by atoms with Crippen molar-refractivity contribution >= 4 is 23.4 Å². The van der Waals surface area contributed by atoms with Gasteiger partial charge in [0.15, 0.2) is 5.69 Å². The van der Waals surface area contributed by atoms with Crippen molar-refractivity contribution in [3.63, 3.8) is 0 Å². The average molecular weight is 456 g/mol. The fourth-order valence-electron chi connectivity index (χ4n) is 3.59. The van der Waals surface area contributed by atoms with E-state index in [0.29, 0.717) is 30.1 Å². The van der Waals surface area contributed by atoms with Gasteiger partial charge in [0.1, 0.15) is 6.26 Å². The van der Waals surface area contributed by atoms with E-state index < -0.39 is 12.1 Å². The quantitative estimate of drug-likeness (QED) is 0.555. The maximum absolute atomic E-state index is 14.3. The number of nitrogens with one attached hydrogen (secondary N) is 1. The molecule has 166 valence electrons. The van der Waals surface area contributed by atoms with Crippen LogP contribution in [0.25, 0.3) is 11.5 Å². The Morgan fingerprint density at radius 1 is 1.19 bits per heavy atom. The molecule has 2 heterocycles. The molecule has 0 radical (unpaired) electrons. The molecule has 0 bridgehead atoms. The van der Waals surface area contributed by atoms with Gasteiger partial charge in [0.25, 0.3) is 11.8 Å². The number of rotatable bonds is 6. The van der Waals surface area contributed by atoms with Crippen LogP contribution in [0, 0.1) is 0 Å². The van der Waals surface area contributed by atoms with Crippen molar-refractivity contribution in [1.82, 2.24) is 15.2 Å². The molecule has 1 saturated heterocycles. The Labute approximate surface area is 190 Å². The van der Waals surface area contributed by atoms with Crippen LogP contribution in [-0.2, 0) is 11.3 Å². The predicted molar refractivity (Wildman–Crippen MR) is 119 cm³/mol. The molecule has 1 aliphatic rings. The molecule has 0 spiro atoms. The van der Waals surface area contributed by atoms with Crippen molar-refractivity contribution in [2.24, 2.45) is 0 Å². The monoisotopic (exact) mass is 455 g/mol. The zero-order valence-corrected chi connectivity index (χ0v) is 18.1. The molecule has 4 rings (SSSR count). The van der Waals surface area contributed by atoms with Crippen LogP contribution in [0.2, 0.25) is 0 Å². The van der Waals surface area contributed by atoms with Crippen LogP contribution in [-0.4, -0.2) is 40.2 Å². The van der Waals surface area contributed by atoms with Crippen LogP contribution in [0.5, 0.6) is 0 Å². The predicted octanol–water partition coefficient (Wildman–Crippen LogP) is 4.51. The molecule has 2 atom stereocenters. The summed E-state index contributed by atoms with van der Waals surface area (Å²) in [7, 11) is 0. The highest BCUT2D eigenvalue weighted by Crippen LogP contribution is 2.22. The molecule has 8 heteroatoms. The normalized spacial score (nSPS) is 17.1. The molecule has 32 heavy (non-hydrogen) atoms. The van der Waals surface area contributed by atoms with Crippen molar-refractivity contribution in [1.29, 1.82) is 0 Å². The summed E-state index contributed by atoms with van der Waals surface area (Å²) < 4.78 is 19.8. The minimum Gasteiger partial charge on any atom is -0.444 e. The van der Waals surface area contributed by atoms with Crippen LogP contribution in [0.15, 0.2) is 65.3 Å². The summed E-state index contributed by atoms with van der Waals surface area (Å²) in [5.41, 5.74) is 2.06. The topological polar surface area (TPSA) is 75.4 Å². The Kier molecular flexibility index (Phi) is 6.85. The summed E-state index contributed by atoms with van der Waals surface area (Å²) in [5.74, 6) is -0.548. The average Bonchev–Trinajstić information content (AvgIpc) is 3.33. The molecule has 1 aromatic heterocycles. The Bertz CT molecular complexity index is 1070. The second-order valence-electron chi connectivity index (χ2n) is 7.72. The summed E-state index contributed by atoms with van der Waals surface area (Å²) in [5, 5.41) is 2.57. The van der Waals surface area contributed by atoms with Gasteiger partial charge in [0, 0.05) is 25.2 Å². The first-order valence-corrected chi connectivity index (χ1v) is 10.9. The van der Waals surface area contributed by atoms with Gasteiger partial charge in [-0.2, -0.15) is 0 Å². The highest BCUT2D eigenvalue weighted by Gasteiger charge is 2.25. The molecule has 2 unspecified atom stereocenters. The summed E-state index contributed by atoms with van der Waals surface area (Å²) in [6.07, 6.45) is 1.42. The molecule has 1 fully saturated rings. The highest BCUT2D eigenvalue weighted by molar-refractivity contribution is 6.21.